The van der Waals surface area contributed by atoms with E-state index in [1.165, 1.54) is 12.1 Å². The van der Waals surface area contributed by atoms with E-state index < -0.39 is 10.8 Å². The zero-order valence-corrected chi connectivity index (χ0v) is 17.8. The van der Waals surface area contributed by atoms with Crippen LogP contribution in [0.4, 0.5) is 5.69 Å². The number of nitro benzene ring substituents is 1. The smallest absolute Gasteiger partial charge is 0.269 e. The number of nitrogens with one attached hydrogen (secondary N) is 1. The molecule has 10 heteroatoms. The molecule has 0 radical (unpaired) electrons. The SMILES string of the molecule is Cc1[nH]nc2c1[C@@H](c1ccc(OCc3cccc([N+](=O)[O-])c3)c(Br)c1)C(C#N)=C(N)O2. The summed E-state index contributed by atoms with van der Waals surface area (Å²) in [5.74, 6) is 0.492. The van der Waals surface area contributed by atoms with Crippen LogP contribution >= 0.6 is 15.9 Å². The largest absolute Gasteiger partial charge is 0.488 e. The summed E-state index contributed by atoms with van der Waals surface area (Å²) in [6, 6.07) is 13.9. The summed E-state index contributed by atoms with van der Waals surface area (Å²) in [5, 5.41) is 27.6. The molecule has 0 fully saturated rings. The normalized spacial score (nSPS) is 15.1. The predicted molar refractivity (Wildman–Crippen MR) is 114 cm³/mol. The van der Waals surface area contributed by atoms with Crippen LogP contribution in [0.2, 0.25) is 0 Å². The van der Waals surface area contributed by atoms with Crippen molar-refractivity contribution in [1.29, 1.82) is 5.26 Å². The van der Waals surface area contributed by atoms with E-state index in [9.17, 15) is 15.4 Å². The van der Waals surface area contributed by atoms with E-state index in [1.54, 1.807) is 18.2 Å². The van der Waals surface area contributed by atoms with Gasteiger partial charge in [-0.05, 0) is 46.1 Å². The van der Waals surface area contributed by atoms with E-state index in [0.717, 1.165) is 16.8 Å². The highest BCUT2D eigenvalue weighted by molar-refractivity contribution is 9.10. The van der Waals surface area contributed by atoms with Crippen molar-refractivity contribution in [2.75, 3.05) is 0 Å². The quantitative estimate of drug-likeness (QED) is 0.411. The number of aromatic nitrogens is 2. The van der Waals surface area contributed by atoms with Gasteiger partial charge in [-0.2, -0.15) is 5.26 Å². The van der Waals surface area contributed by atoms with Gasteiger partial charge in [0.1, 0.15) is 24.0 Å². The molecule has 0 saturated heterocycles. The lowest BCUT2D eigenvalue weighted by molar-refractivity contribution is -0.384. The Morgan fingerprint density at radius 2 is 2.19 bits per heavy atom. The number of benzene rings is 2. The molecule has 0 bridgehead atoms. The first-order valence-corrected chi connectivity index (χ1v) is 9.96. The molecule has 9 nitrogen and oxygen atoms in total. The third-order valence-corrected chi connectivity index (χ3v) is 5.55. The number of H-pyrrole nitrogens is 1. The maximum Gasteiger partial charge on any atom is 0.269 e. The summed E-state index contributed by atoms with van der Waals surface area (Å²) >= 11 is 3.51. The first kappa shape index (κ1) is 20.4. The molecule has 4 rings (SSSR count). The monoisotopic (exact) mass is 481 g/mol. The van der Waals surface area contributed by atoms with Crippen LogP contribution < -0.4 is 15.2 Å². The number of nitro groups is 1. The Hall–Kier alpha value is -3.84. The van der Waals surface area contributed by atoms with E-state index in [0.29, 0.717) is 27.2 Å². The first-order chi connectivity index (χ1) is 14.9. The molecular weight excluding hydrogens is 466 g/mol. The van der Waals surface area contributed by atoms with Crippen molar-refractivity contribution in [3.8, 4) is 17.7 Å². The van der Waals surface area contributed by atoms with E-state index in [1.807, 2.05) is 19.1 Å². The number of halogens is 1. The highest BCUT2D eigenvalue weighted by atomic mass is 79.9. The minimum atomic E-state index is -0.444. The van der Waals surface area contributed by atoms with E-state index >= 15 is 0 Å². The van der Waals surface area contributed by atoms with Gasteiger partial charge in [0.2, 0.25) is 11.8 Å². The Morgan fingerprint density at radius 3 is 2.90 bits per heavy atom. The van der Waals surface area contributed by atoms with Crippen molar-refractivity contribution in [3.05, 3.63) is 90.9 Å². The van der Waals surface area contributed by atoms with Crippen molar-refractivity contribution in [1.82, 2.24) is 10.2 Å². The first-order valence-electron chi connectivity index (χ1n) is 9.17. The second-order valence-electron chi connectivity index (χ2n) is 6.90. The highest BCUT2D eigenvalue weighted by Crippen LogP contribution is 2.44. The standard InChI is InChI=1S/C21H16BrN5O4/c1-11-18-19(15(9-23)20(24)31-21(18)26-25-11)13-5-6-17(16(22)8-13)30-10-12-3-2-4-14(7-12)27(28)29/h2-8,19H,10,24H2,1H3,(H,25,26)/t19-/m0/s1. The van der Waals surface area contributed by atoms with Crippen LogP contribution in [0.25, 0.3) is 0 Å². The topological polar surface area (TPSA) is 140 Å². The minimum Gasteiger partial charge on any atom is -0.488 e. The van der Waals surface area contributed by atoms with Crippen LogP contribution in [0.5, 0.6) is 11.6 Å². The molecule has 3 N–H and O–H groups in total. The molecule has 31 heavy (non-hydrogen) atoms. The Kier molecular flexibility index (Phi) is 5.35. The number of allylic oxidation sites excluding steroid dienone is 1. The van der Waals surface area contributed by atoms with Crippen LogP contribution in [-0.2, 0) is 6.61 Å². The molecule has 0 saturated carbocycles. The van der Waals surface area contributed by atoms with Crippen molar-refractivity contribution < 1.29 is 14.4 Å². The van der Waals surface area contributed by atoms with Gasteiger partial charge >= 0.3 is 0 Å². The van der Waals surface area contributed by atoms with Crippen LogP contribution in [0.3, 0.4) is 0 Å². The second kappa shape index (κ2) is 8.12. The van der Waals surface area contributed by atoms with Crippen molar-refractivity contribution in [2.45, 2.75) is 19.4 Å². The molecule has 3 aromatic rings. The van der Waals surface area contributed by atoms with Crippen molar-refractivity contribution in [2.24, 2.45) is 5.73 Å². The average molecular weight is 482 g/mol. The minimum absolute atomic E-state index is 0.00901. The summed E-state index contributed by atoms with van der Waals surface area (Å²) in [6.45, 7) is 2.02. The summed E-state index contributed by atoms with van der Waals surface area (Å²) in [6.07, 6.45) is 0. The Balaban J connectivity index is 1.62. The number of nitrogens with zero attached hydrogens (tertiary/aromatic N) is 3. The summed E-state index contributed by atoms with van der Waals surface area (Å²) in [7, 11) is 0. The van der Waals surface area contributed by atoms with Gasteiger partial charge in [0.05, 0.1) is 15.3 Å². The lowest BCUT2D eigenvalue weighted by Crippen LogP contribution is -2.21. The van der Waals surface area contributed by atoms with Gasteiger partial charge in [0.25, 0.3) is 5.69 Å². The predicted octanol–water partition coefficient (Wildman–Crippen LogP) is 4.19. The zero-order valence-electron chi connectivity index (χ0n) is 16.3. The number of aryl methyl sites for hydroxylation is 1. The lowest BCUT2D eigenvalue weighted by Gasteiger charge is -2.24. The number of nitriles is 1. The van der Waals surface area contributed by atoms with Gasteiger partial charge in [0, 0.05) is 23.4 Å². The van der Waals surface area contributed by atoms with Gasteiger partial charge < -0.3 is 15.2 Å². The molecular formula is C21H16BrN5O4. The summed E-state index contributed by atoms with van der Waals surface area (Å²) in [5.41, 5.74) is 9.28. The molecule has 1 atom stereocenters. The van der Waals surface area contributed by atoms with Crippen molar-refractivity contribution in [3.63, 3.8) is 0 Å². The van der Waals surface area contributed by atoms with Crippen LogP contribution in [0.15, 0.2) is 58.4 Å². The lowest BCUT2D eigenvalue weighted by atomic mass is 9.84. The number of nitrogens with two attached hydrogens (primary N) is 1. The molecule has 0 amide bonds. The molecule has 1 aliphatic heterocycles. The molecule has 1 aromatic heterocycles. The number of hydrogen-bond donors (Lipinski definition) is 2. The zero-order chi connectivity index (χ0) is 22.1. The maximum atomic E-state index is 10.9. The molecule has 2 heterocycles. The van der Waals surface area contributed by atoms with Crippen molar-refractivity contribution >= 4 is 21.6 Å². The summed E-state index contributed by atoms with van der Waals surface area (Å²) in [4.78, 5) is 10.5. The van der Waals surface area contributed by atoms with Crippen LogP contribution in [-0.4, -0.2) is 15.1 Å². The molecule has 156 valence electrons. The number of fused-ring (bicyclic) bond motifs is 1. The number of non-ortho nitro benzene ring substituents is 1. The summed E-state index contributed by atoms with van der Waals surface area (Å²) < 4.78 is 12.0. The van der Waals surface area contributed by atoms with E-state index in [-0.39, 0.29) is 18.2 Å². The van der Waals surface area contributed by atoms with Gasteiger partial charge in [-0.1, -0.05) is 18.2 Å². The molecule has 0 aliphatic carbocycles. The van der Waals surface area contributed by atoms with E-state index in [2.05, 4.69) is 32.2 Å². The van der Waals surface area contributed by atoms with Crippen LogP contribution in [0.1, 0.15) is 28.3 Å². The Bertz CT molecular complexity index is 1260. The maximum absolute atomic E-state index is 10.9. The molecule has 0 unspecified atom stereocenters. The highest BCUT2D eigenvalue weighted by Gasteiger charge is 2.34. The van der Waals surface area contributed by atoms with Crippen LogP contribution in [0, 0.1) is 28.4 Å². The van der Waals surface area contributed by atoms with Gasteiger partial charge in [0.15, 0.2) is 0 Å². The third kappa shape index (κ3) is 3.83. The Labute approximate surface area is 185 Å². The molecule has 0 spiro atoms. The average Bonchev–Trinajstić information content (AvgIpc) is 3.12. The fourth-order valence-corrected chi connectivity index (χ4v) is 3.98. The number of aromatic amines is 1. The molecule has 1 aliphatic rings. The molecule has 2 aromatic carbocycles. The number of ether oxygens (including phenoxy) is 2. The Morgan fingerprint density at radius 1 is 1.39 bits per heavy atom. The fraction of sp³-hybridized carbons (Fsp3) is 0.143. The second-order valence-corrected chi connectivity index (χ2v) is 7.75. The fourth-order valence-electron chi connectivity index (χ4n) is 3.47. The van der Waals surface area contributed by atoms with Gasteiger partial charge in [-0.15, -0.1) is 5.10 Å². The van der Waals surface area contributed by atoms with E-state index in [4.69, 9.17) is 15.2 Å². The van der Waals surface area contributed by atoms with Gasteiger partial charge in [-0.3, -0.25) is 15.2 Å². The third-order valence-electron chi connectivity index (χ3n) is 4.93. The van der Waals surface area contributed by atoms with Gasteiger partial charge in [-0.25, -0.2) is 0 Å². The number of hydrogen-bond acceptors (Lipinski definition) is 7. The number of rotatable bonds is 5.